The van der Waals surface area contributed by atoms with Crippen LogP contribution in [-0.4, -0.2) is 29.1 Å². The molecule has 2 heterocycles. The highest BCUT2D eigenvalue weighted by Crippen LogP contribution is 2.30. The van der Waals surface area contributed by atoms with Crippen LogP contribution in [0.3, 0.4) is 0 Å². The van der Waals surface area contributed by atoms with Gasteiger partial charge in [-0.2, -0.15) is 5.26 Å². The van der Waals surface area contributed by atoms with Crippen LogP contribution < -0.4 is 5.32 Å². The summed E-state index contributed by atoms with van der Waals surface area (Å²) in [6, 6.07) is 2.10. The molecule has 0 atom stereocenters. The topological polar surface area (TPSA) is 87.9 Å². The monoisotopic (exact) mass is 232 g/mol. The van der Waals surface area contributed by atoms with Crippen molar-refractivity contribution in [3.8, 4) is 6.07 Å². The van der Waals surface area contributed by atoms with Crippen molar-refractivity contribution in [1.82, 2.24) is 9.97 Å². The highest BCUT2D eigenvalue weighted by atomic mass is 16.5. The summed E-state index contributed by atoms with van der Waals surface area (Å²) < 4.78 is 5.17. The Bertz CT molecular complexity index is 435. The number of hydrogen-bond donors (Lipinski definition) is 1. The molecule has 2 rings (SSSR count). The lowest BCUT2D eigenvalue weighted by Crippen LogP contribution is -2.39. The van der Waals surface area contributed by atoms with Crippen LogP contribution in [0.1, 0.15) is 12.8 Å². The van der Waals surface area contributed by atoms with Gasteiger partial charge in [0.2, 0.25) is 5.91 Å². The molecule has 0 saturated carbocycles. The predicted molar refractivity (Wildman–Crippen MR) is 58.8 cm³/mol. The van der Waals surface area contributed by atoms with Gasteiger partial charge in [0.15, 0.2) is 0 Å². The molecule has 0 radical (unpaired) electrons. The van der Waals surface area contributed by atoms with E-state index in [0.29, 0.717) is 31.7 Å². The summed E-state index contributed by atoms with van der Waals surface area (Å²) in [6.45, 7) is 0.874. The number of nitrogens with one attached hydrogen (secondary N) is 1. The Morgan fingerprint density at radius 2 is 2.06 bits per heavy atom. The first-order chi connectivity index (χ1) is 8.27. The van der Waals surface area contributed by atoms with Gasteiger partial charge in [-0.25, -0.2) is 9.97 Å². The predicted octanol–water partition coefficient (Wildman–Crippen LogP) is 0.735. The summed E-state index contributed by atoms with van der Waals surface area (Å²) in [4.78, 5) is 19.7. The standard InChI is InChI=1S/C11H12N4O2/c12-7-11(1-3-17-4-2-11)10(16)15-9-5-13-8-14-6-9/h5-6,8H,1-4H2,(H,15,16). The molecule has 17 heavy (non-hydrogen) atoms. The van der Waals surface area contributed by atoms with Gasteiger partial charge in [-0.1, -0.05) is 0 Å². The molecule has 88 valence electrons. The Labute approximate surface area is 98.6 Å². The van der Waals surface area contributed by atoms with Crippen molar-refractivity contribution < 1.29 is 9.53 Å². The van der Waals surface area contributed by atoms with Gasteiger partial charge < -0.3 is 10.1 Å². The largest absolute Gasteiger partial charge is 0.381 e. The summed E-state index contributed by atoms with van der Waals surface area (Å²) >= 11 is 0. The van der Waals surface area contributed by atoms with E-state index >= 15 is 0 Å². The smallest absolute Gasteiger partial charge is 0.245 e. The van der Waals surface area contributed by atoms with Gasteiger partial charge in [0.1, 0.15) is 11.7 Å². The zero-order valence-electron chi connectivity index (χ0n) is 9.22. The first kappa shape index (κ1) is 11.5. The summed E-state index contributed by atoms with van der Waals surface area (Å²) in [5, 5.41) is 11.9. The van der Waals surface area contributed by atoms with Gasteiger partial charge in [0.25, 0.3) is 0 Å². The van der Waals surface area contributed by atoms with E-state index in [-0.39, 0.29) is 5.91 Å². The maximum absolute atomic E-state index is 12.1. The van der Waals surface area contributed by atoms with Crippen molar-refractivity contribution in [2.45, 2.75) is 12.8 Å². The first-order valence-electron chi connectivity index (χ1n) is 5.32. The minimum Gasteiger partial charge on any atom is -0.381 e. The van der Waals surface area contributed by atoms with Crippen LogP contribution in [0.15, 0.2) is 18.7 Å². The van der Waals surface area contributed by atoms with E-state index < -0.39 is 5.41 Å². The van der Waals surface area contributed by atoms with Gasteiger partial charge in [-0.3, -0.25) is 4.79 Å². The van der Waals surface area contributed by atoms with E-state index in [1.54, 1.807) is 0 Å². The Morgan fingerprint density at radius 3 is 2.65 bits per heavy atom. The quantitative estimate of drug-likeness (QED) is 0.812. The normalized spacial score (nSPS) is 18.1. The maximum Gasteiger partial charge on any atom is 0.245 e. The van der Waals surface area contributed by atoms with Crippen LogP contribution in [0.25, 0.3) is 0 Å². The van der Waals surface area contributed by atoms with Gasteiger partial charge in [-0.15, -0.1) is 0 Å². The number of anilines is 1. The second kappa shape index (κ2) is 4.89. The van der Waals surface area contributed by atoms with Crippen molar-refractivity contribution >= 4 is 11.6 Å². The number of ether oxygens (including phenoxy) is 1. The Balaban J connectivity index is 2.11. The van der Waals surface area contributed by atoms with E-state index in [4.69, 9.17) is 4.74 Å². The minimum atomic E-state index is -0.992. The number of aromatic nitrogens is 2. The highest BCUT2D eigenvalue weighted by molar-refractivity contribution is 5.97. The third-order valence-electron chi connectivity index (χ3n) is 2.81. The Kier molecular flexibility index (Phi) is 3.30. The lowest BCUT2D eigenvalue weighted by Gasteiger charge is -2.29. The molecule has 0 aromatic carbocycles. The number of rotatable bonds is 2. The molecule has 6 nitrogen and oxygen atoms in total. The zero-order chi connectivity index (χ0) is 12.1. The van der Waals surface area contributed by atoms with Gasteiger partial charge in [0.05, 0.1) is 24.2 Å². The third kappa shape index (κ3) is 2.40. The van der Waals surface area contributed by atoms with Crippen molar-refractivity contribution in [2.24, 2.45) is 5.41 Å². The molecule has 1 aliphatic heterocycles. The number of carbonyl (C=O) groups is 1. The minimum absolute atomic E-state index is 0.307. The molecule has 0 bridgehead atoms. The van der Waals surface area contributed by atoms with E-state index in [1.165, 1.54) is 18.7 Å². The third-order valence-corrected chi connectivity index (χ3v) is 2.81. The summed E-state index contributed by atoms with van der Waals surface area (Å²) in [5.41, 5.74) is -0.493. The fourth-order valence-corrected chi connectivity index (χ4v) is 1.72. The molecule has 0 aliphatic carbocycles. The molecule has 6 heteroatoms. The number of nitrogens with zero attached hydrogens (tertiary/aromatic N) is 3. The highest BCUT2D eigenvalue weighted by Gasteiger charge is 2.40. The lowest BCUT2D eigenvalue weighted by molar-refractivity contribution is -0.126. The number of amides is 1. The molecular formula is C11H12N4O2. The second-order valence-corrected chi connectivity index (χ2v) is 3.89. The zero-order valence-corrected chi connectivity index (χ0v) is 9.22. The molecule has 0 spiro atoms. The Hall–Kier alpha value is -2.00. The van der Waals surface area contributed by atoms with Gasteiger partial charge >= 0.3 is 0 Å². The van der Waals surface area contributed by atoms with Gasteiger partial charge in [-0.05, 0) is 12.8 Å². The van der Waals surface area contributed by atoms with Crippen molar-refractivity contribution in [3.63, 3.8) is 0 Å². The van der Waals surface area contributed by atoms with Crippen molar-refractivity contribution in [2.75, 3.05) is 18.5 Å². The SMILES string of the molecule is N#CC1(C(=O)Nc2cncnc2)CCOCC1. The molecular weight excluding hydrogens is 220 g/mol. The molecule has 1 N–H and O–H groups in total. The second-order valence-electron chi connectivity index (χ2n) is 3.89. The molecule has 1 saturated heterocycles. The number of carbonyl (C=O) groups excluding carboxylic acids is 1. The van der Waals surface area contributed by atoms with Crippen LogP contribution in [0, 0.1) is 16.7 Å². The van der Waals surface area contributed by atoms with Crippen LogP contribution in [0.4, 0.5) is 5.69 Å². The number of hydrogen-bond acceptors (Lipinski definition) is 5. The van der Waals surface area contributed by atoms with Gasteiger partial charge in [0, 0.05) is 13.2 Å². The molecule has 1 aliphatic rings. The Morgan fingerprint density at radius 1 is 1.41 bits per heavy atom. The molecule has 1 aromatic rings. The van der Waals surface area contributed by atoms with E-state index in [2.05, 4.69) is 21.4 Å². The lowest BCUT2D eigenvalue weighted by atomic mass is 9.81. The molecule has 1 fully saturated rings. The summed E-state index contributed by atoms with van der Waals surface area (Å²) in [7, 11) is 0. The van der Waals surface area contributed by atoms with E-state index in [1.807, 2.05) is 0 Å². The molecule has 0 unspecified atom stereocenters. The molecule has 1 amide bonds. The summed E-state index contributed by atoms with van der Waals surface area (Å²) in [6.07, 6.45) is 5.21. The van der Waals surface area contributed by atoms with Crippen LogP contribution in [0.5, 0.6) is 0 Å². The fraction of sp³-hybridized carbons (Fsp3) is 0.455. The average molecular weight is 232 g/mol. The first-order valence-corrected chi connectivity index (χ1v) is 5.32. The van der Waals surface area contributed by atoms with Crippen LogP contribution in [-0.2, 0) is 9.53 Å². The maximum atomic E-state index is 12.1. The van der Waals surface area contributed by atoms with Crippen molar-refractivity contribution in [1.29, 1.82) is 5.26 Å². The summed E-state index contributed by atoms with van der Waals surface area (Å²) in [5.74, 6) is -0.307. The number of nitriles is 1. The molecule has 1 aromatic heterocycles. The fourth-order valence-electron chi connectivity index (χ4n) is 1.72. The van der Waals surface area contributed by atoms with Crippen LogP contribution in [0.2, 0.25) is 0 Å². The van der Waals surface area contributed by atoms with E-state index in [9.17, 15) is 10.1 Å². The van der Waals surface area contributed by atoms with Crippen molar-refractivity contribution in [3.05, 3.63) is 18.7 Å². The van der Waals surface area contributed by atoms with Crippen LogP contribution >= 0.6 is 0 Å². The van der Waals surface area contributed by atoms with E-state index in [0.717, 1.165) is 0 Å². The average Bonchev–Trinajstić information content (AvgIpc) is 2.40.